The van der Waals surface area contributed by atoms with Crippen LogP contribution >= 0.6 is 0 Å². The molecule has 0 bridgehead atoms. The van der Waals surface area contributed by atoms with E-state index in [4.69, 9.17) is 10.9 Å². The molecule has 110 valence electrons. The molecule has 1 aliphatic rings. The predicted molar refractivity (Wildman–Crippen MR) is 80.9 cm³/mol. The van der Waals surface area contributed by atoms with E-state index in [0.717, 1.165) is 24.7 Å². The number of amidine groups is 1. The highest BCUT2D eigenvalue weighted by Crippen LogP contribution is 2.24. The molecule has 0 saturated heterocycles. The first kappa shape index (κ1) is 14.8. The number of hydrogen-bond acceptors (Lipinski definition) is 4. The number of rotatable bonds is 8. The van der Waals surface area contributed by atoms with Crippen LogP contribution in [-0.4, -0.2) is 42.1 Å². The van der Waals surface area contributed by atoms with Crippen molar-refractivity contribution in [3.05, 3.63) is 35.9 Å². The zero-order chi connectivity index (χ0) is 14.4. The number of oxime groups is 1. The molecule has 0 radical (unpaired) electrons. The first-order valence-electron chi connectivity index (χ1n) is 7.15. The Morgan fingerprint density at radius 2 is 2.15 bits per heavy atom. The van der Waals surface area contributed by atoms with Gasteiger partial charge in [-0.25, -0.2) is 0 Å². The molecule has 0 amide bonds. The molecule has 4 N–H and O–H groups in total. The Bertz CT molecular complexity index is 431. The van der Waals surface area contributed by atoms with E-state index in [1.165, 1.54) is 12.8 Å². The third-order valence-corrected chi connectivity index (χ3v) is 3.77. The molecule has 1 aliphatic carbocycles. The molecular formula is C15H24N4O. The number of nitrogens with one attached hydrogen (secondary N) is 1. The van der Waals surface area contributed by atoms with Gasteiger partial charge in [-0.1, -0.05) is 35.5 Å². The normalized spacial score (nSPS) is 17.4. The molecule has 20 heavy (non-hydrogen) atoms. The summed E-state index contributed by atoms with van der Waals surface area (Å²) in [5.74, 6) is 0.252. The van der Waals surface area contributed by atoms with Gasteiger partial charge in [0.25, 0.3) is 0 Å². The SMILES string of the molecule is CN(CCNC(CC(N)=NO)c1ccccc1)C1CC1. The van der Waals surface area contributed by atoms with Crippen LogP contribution in [-0.2, 0) is 0 Å². The second kappa shape index (κ2) is 7.26. The fourth-order valence-corrected chi connectivity index (χ4v) is 2.36. The van der Waals surface area contributed by atoms with Gasteiger partial charge in [-0.3, -0.25) is 0 Å². The van der Waals surface area contributed by atoms with Crippen molar-refractivity contribution in [3.63, 3.8) is 0 Å². The van der Waals surface area contributed by atoms with E-state index in [0.29, 0.717) is 6.42 Å². The van der Waals surface area contributed by atoms with E-state index in [9.17, 15) is 0 Å². The molecule has 0 aromatic heterocycles. The van der Waals surface area contributed by atoms with Gasteiger partial charge in [-0.05, 0) is 25.5 Å². The first-order valence-corrected chi connectivity index (χ1v) is 7.15. The lowest BCUT2D eigenvalue weighted by Crippen LogP contribution is -2.34. The Hall–Kier alpha value is -1.59. The van der Waals surface area contributed by atoms with E-state index in [1.54, 1.807) is 0 Å². The van der Waals surface area contributed by atoms with Gasteiger partial charge in [-0.15, -0.1) is 0 Å². The van der Waals surface area contributed by atoms with Crippen LogP contribution in [0.2, 0.25) is 0 Å². The van der Waals surface area contributed by atoms with Crippen molar-refractivity contribution in [3.8, 4) is 0 Å². The van der Waals surface area contributed by atoms with E-state index in [1.807, 2.05) is 18.2 Å². The smallest absolute Gasteiger partial charge is 0.141 e. The predicted octanol–water partition coefficient (Wildman–Crippen LogP) is 1.55. The van der Waals surface area contributed by atoms with Crippen molar-refractivity contribution in [2.24, 2.45) is 10.9 Å². The van der Waals surface area contributed by atoms with Gasteiger partial charge in [0.15, 0.2) is 0 Å². The maximum absolute atomic E-state index is 8.75. The largest absolute Gasteiger partial charge is 0.409 e. The van der Waals surface area contributed by atoms with Gasteiger partial charge in [0, 0.05) is 31.6 Å². The average Bonchev–Trinajstić information content (AvgIpc) is 3.31. The Morgan fingerprint density at radius 3 is 2.75 bits per heavy atom. The minimum atomic E-state index is 0.0831. The van der Waals surface area contributed by atoms with Crippen molar-refractivity contribution in [2.45, 2.75) is 31.3 Å². The lowest BCUT2D eigenvalue weighted by atomic mass is 10.0. The number of benzene rings is 1. The molecule has 5 heteroatoms. The number of nitrogens with two attached hydrogens (primary N) is 1. The van der Waals surface area contributed by atoms with Gasteiger partial charge in [0.1, 0.15) is 5.84 Å². The van der Waals surface area contributed by atoms with Crippen LogP contribution in [0.1, 0.15) is 30.9 Å². The zero-order valence-electron chi connectivity index (χ0n) is 12.0. The lowest BCUT2D eigenvalue weighted by molar-refractivity contribution is 0.309. The number of hydrogen-bond donors (Lipinski definition) is 3. The first-order chi connectivity index (χ1) is 9.70. The summed E-state index contributed by atoms with van der Waals surface area (Å²) in [6.45, 7) is 1.91. The van der Waals surface area contributed by atoms with E-state index < -0.39 is 0 Å². The summed E-state index contributed by atoms with van der Waals surface area (Å²) < 4.78 is 0. The summed E-state index contributed by atoms with van der Waals surface area (Å²) in [7, 11) is 2.17. The molecule has 0 aliphatic heterocycles. The minimum absolute atomic E-state index is 0.0831. The van der Waals surface area contributed by atoms with Crippen molar-refractivity contribution >= 4 is 5.84 Å². The third-order valence-electron chi connectivity index (χ3n) is 3.77. The average molecular weight is 276 g/mol. The van der Waals surface area contributed by atoms with Crippen LogP contribution in [0.4, 0.5) is 0 Å². The van der Waals surface area contributed by atoms with Crippen molar-refractivity contribution in [2.75, 3.05) is 20.1 Å². The van der Waals surface area contributed by atoms with Gasteiger partial charge in [0.2, 0.25) is 0 Å². The van der Waals surface area contributed by atoms with Crippen LogP contribution in [0.15, 0.2) is 35.5 Å². The Balaban J connectivity index is 1.88. The van der Waals surface area contributed by atoms with Gasteiger partial charge in [0.05, 0.1) is 0 Å². The summed E-state index contributed by atoms with van der Waals surface area (Å²) in [4.78, 5) is 2.39. The Morgan fingerprint density at radius 1 is 1.45 bits per heavy atom. The fourth-order valence-electron chi connectivity index (χ4n) is 2.36. The maximum Gasteiger partial charge on any atom is 0.141 e. The topological polar surface area (TPSA) is 73.9 Å². The van der Waals surface area contributed by atoms with E-state index in [2.05, 4.69) is 34.6 Å². The summed E-state index contributed by atoms with van der Waals surface area (Å²) in [5.41, 5.74) is 6.81. The van der Waals surface area contributed by atoms with Crippen LogP contribution in [0.3, 0.4) is 0 Å². The molecule has 1 aromatic carbocycles. The van der Waals surface area contributed by atoms with Crippen molar-refractivity contribution in [1.29, 1.82) is 0 Å². The molecule has 1 fully saturated rings. The van der Waals surface area contributed by atoms with Crippen molar-refractivity contribution in [1.82, 2.24) is 10.2 Å². The monoisotopic (exact) mass is 276 g/mol. The van der Waals surface area contributed by atoms with Crippen LogP contribution < -0.4 is 11.1 Å². The highest BCUT2D eigenvalue weighted by atomic mass is 16.4. The van der Waals surface area contributed by atoms with Gasteiger partial charge in [-0.2, -0.15) is 0 Å². The molecular weight excluding hydrogens is 252 g/mol. The van der Waals surface area contributed by atoms with Crippen LogP contribution in [0.25, 0.3) is 0 Å². The van der Waals surface area contributed by atoms with E-state index >= 15 is 0 Å². The summed E-state index contributed by atoms with van der Waals surface area (Å²) >= 11 is 0. The lowest BCUT2D eigenvalue weighted by Gasteiger charge is -2.21. The zero-order valence-corrected chi connectivity index (χ0v) is 12.0. The molecule has 1 unspecified atom stereocenters. The summed E-state index contributed by atoms with van der Waals surface area (Å²) in [6, 6.07) is 11.0. The Labute approximate surface area is 120 Å². The van der Waals surface area contributed by atoms with Gasteiger partial charge >= 0.3 is 0 Å². The minimum Gasteiger partial charge on any atom is -0.409 e. The fraction of sp³-hybridized carbons (Fsp3) is 0.533. The summed E-state index contributed by atoms with van der Waals surface area (Å²) in [5, 5.41) is 15.3. The molecule has 5 nitrogen and oxygen atoms in total. The van der Waals surface area contributed by atoms with E-state index in [-0.39, 0.29) is 11.9 Å². The Kier molecular flexibility index (Phi) is 5.38. The van der Waals surface area contributed by atoms with Gasteiger partial charge < -0.3 is 21.2 Å². The highest BCUT2D eigenvalue weighted by molar-refractivity contribution is 5.80. The number of nitrogens with zero attached hydrogens (tertiary/aromatic N) is 2. The molecule has 1 atom stereocenters. The molecule has 2 rings (SSSR count). The second-order valence-corrected chi connectivity index (χ2v) is 5.42. The summed E-state index contributed by atoms with van der Waals surface area (Å²) in [6.07, 6.45) is 3.15. The molecule has 1 saturated carbocycles. The quantitative estimate of drug-likeness (QED) is 0.291. The second-order valence-electron chi connectivity index (χ2n) is 5.42. The molecule has 0 heterocycles. The number of likely N-dealkylation sites (N-methyl/N-ethyl adjacent to an activating group) is 1. The molecule has 1 aromatic rings. The highest BCUT2D eigenvalue weighted by Gasteiger charge is 2.25. The third kappa shape index (κ3) is 4.51. The standard InChI is InChI=1S/C15H24N4O/c1-19(13-7-8-13)10-9-17-14(11-15(16)18-20)12-5-3-2-4-6-12/h2-6,13-14,17,20H,7-11H2,1H3,(H2,16,18). The maximum atomic E-state index is 8.75. The van der Waals surface area contributed by atoms with Crippen LogP contribution in [0, 0.1) is 0 Å². The molecule has 0 spiro atoms. The van der Waals surface area contributed by atoms with Crippen LogP contribution in [0.5, 0.6) is 0 Å². The van der Waals surface area contributed by atoms with Crippen molar-refractivity contribution < 1.29 is 5.21 Å².